The monoisotopic (exact) mass is 264 g/mol. The number of halogens is 1. The molecule has 94 valence electrons. The van der Waals surface area contributed by atoms with Crippen molar-refractivity contribution in [2.45, 2.75) is 13.3 Å². The maximum Gasteiger partial charge on any atom is 0.302 e. The average molecular weight is 265 g/mol. The summed E-state index contributed by atoms with van der Waals surface area (Å²) >= 11 is 6.16. The number of ether oxygens (including phenoxy) is 1. The number of phenolic OH excluding ortho intramolecular Hbond substituents is 1. The van der Waals surface area contributed by atoms with Crippen molar-refractivity contribution in [3.63, 3.8) is 0 Å². The summed E-state index contributed by atoms with van der Waals surface area (Å²) in [6, 6.07) is 8.76. The highest BCUT2D eigenvalue weighted by Gasteiger charge is 2.07. The smallest absolute Gasteiger partial charge is 0.302 e. The lowest BCUT2D eigenvalue weighted by molar-refractivity contribution is -0.140. The van der Waals surface area contributed by atoms with E-state index in [2.05, 4.69) is 0 Å². The van der Waals surface area contributed by atoms with Gasteiger partial charge in [-0.2, -0.15) is 0 Å². The fourth-order valence-electron chi connectivity index (χ4n) is 1.91. The molecule has 0 saturated heterocycles. The number of rotatable bonds is 3. The van der Waals surface area contributed by atoms with Gasteiger partial charge in [-0.05, 0) is 34.5 Å². The molecule has 0 atom stereocenters. The minimum atomic E-state index is -0.302. The molecule has 0 aliphatic carbocycles. The fourth-order valence-corrected chi connectivity index (χ4v) is 2.17. The Labute approximate surface area is 110 Å². The van der Waals surface area contributed by atoms with E-state index in [0.29, 0.717) is 18.1 Å². The maximum absolute atomic E-state index is 10.7. The van der Waals surface area contributed by atoms with Crippen LogP contribution >= 0.6 is 11.6 Å². The second kappa shape index (κ2) is 5.27. The molecule has 0 aliphatic heterocycles. The number of carbonyl (C=O) groups is 1. The number of hydrogen-bond acceptors (Lipinski definition) is 3. The van der Waals surface area contributed by atoms with Gasteiger partial charge in [0.15, 0.2) is 0 Å². The summed E-state index contributed by atoms with van der Waals surface area (Å²) in [5.74, 6) is -0.0836. The van der Waals surface area contributed by atoms with Crippen molar-refractivity contribution in [1.29, 1.82) is 0 Å². The molecule has 0 aliphatic rings. The first-order chi connectivity index (χ1) is 8.58. The van der Waals surface area contributed by atoms with E-state index in [-0.39, 0.29) is 11.7 Å². The Kier molecular flexibility index (Phi) is 3.72. The average Bonchev–Trinajstić information content (AvgIpc) is 2.31. The van der Waals surface area contributed by atoms with Crippen LogP contribution in [-0.2, 0) is 16.0 Å². The minimum Gasteiger partial charge on any atom is -0.508 e. The zero-order chi connectivity index (χ0) is 13.1. The number of fused-ring (bicyclic) bond motifs is 1. The number of esters is 1. The topological polar surface area (TPSA) is 46.5 Å². The predicted molar refractivity (Wildman–Crippen MR) is 71.0 cm³/mol. The van der Waals surface area contributed by atoms with E-state index in [1.807, 2.05) is 12.1 Å². The zero-order valence-electron chi connectivity index (χ0n) is 9.94. The lowest BCUT2D eigenvalue weighted by atomic mass is 10.0. The molecule has 3 nitrogen and oxygen atoms in total. The van der Waals surface area contributed by atoms with E-state index in [0.717, 1.165) is 16.3 Å². The van der Waals surface area contributed by atoms with E-state index in [4.69, 9.17) is 16.3 Å². The van der Waals surface area contributed by atoms with Gasteiger partial charge in [0, 0.05) is 18.4 Å². The van der Waals surface area contributed by atoms with Gasteiger partial charge < -0.3 is 9.84 Å². The zero-order valence-corrected chi connectivity index (χ0v) is 10.7. The second-order valence-electron chi connectivity index (χ2n) is 4.02. The Morgan fingerprint density at radius 1 is 1.33 bits per heavy atom. The minimum absolute atomic E-state index is 0.218. The van der Waals surface area contributed by atoms with Crippen molar-refractivity contribution in [1.82, 2.24) is 0 Å². The van der Waals surface area contributed by atoms with Gasteiger partial charge in [0.1, 0.15) is 5.75 Å². The largest absolute Gasteiger partial charge is 0.508 e. The van der Waals surface area contributed by atoms with Crippen LogP contribution in [-0.4, -0.2) is 17.7 Å². The molecule has 0 heterocycles. The molecule has 0 spiro atoms. The van der Waals surface area contributed by atoms with E-state index < -0.39 is 0 Å². The Morgan fingerprint density at radius 2 is 2.11 bits per heavy atom. The number of phenols is 1. The number of aromatic hydroxyl groups is 1. The van der Waals surface area contributed by atoms with Crippen LogP contribution in [0.2, 0.25) is 5.02 Å². The van der Waals surface area contributed by atoms with Crippen LogP contribution in [0.1, 0.15) is 12.5 Å². The summed E-state index contributed by atoms with van der Waals surface area (Å²) in [6.45, 7) is 1.68. The standard InChI is InChI=1S/C14H13ClO3/c1-9(16)18-7-6-13-12-4-3-11(17)8-10(12)2-5-14(13)15/h2-5,8,17H,6-7H2,1H3. The van der Waals surface area contributed by atoms with Gasteiger partial charge in [0.05, 0.1) is 6.61 Å². The number of benzene rings is 2. The Hall–Kier alpha value is -1.74. The van der Waals surface area contributed by atoms with E-state index in [9.17, 15) is 9.90 Å². The third-order valence-electron chi connectivity index (χ3n) is 2.72. The molecule has 18 heavy (non-hydrogen) atoms. The Balaban J connectivity index is 2.35. The van der Waals surface area contributed by atoms with Gasteiger partial charge in [-0.1, -0.05) is 23.7 Å². The molecule has 0 aromatic heterocycles. The summed E-state index contributed by atoms with van der Waals surface area (Å²) in [4.78, 5) is 10.7. The number of hydrogen-bond donors (Lipinski definition) is 1. The van der Waals surface area contributed by atoms with Gasteiger partial charge >= 0.3 is 5.97 Å². The summed E-state index contributed by atoms with van der Waals surface area (Å²) in [7, 11) is 0. The fraction of sp³-hybridized carbons (Fsp3) is 0.214. The summed E-state index contributed by atoms with van der Waals surface area (Å²) in [5.41, 5.74) is 0.926. The van der Waals surface area contributed by atoms with Crippen LogP contribution in [0.5, 0.6) is 5.75 Å². The van der Waals surface area contributed by atoms with Crippen LogP contribution in [0.15, 0.2) is 30.3 Å². The maximum atomic E-state index is 10.7. The summed E-state index contributed by atoms with van der Waals surface area (Å²) < 4.78 is 4.93. The SMILES string of the molecule is CC(=O)OCCc1c(Cl)ccc2cc(O)ccc12. The number of carbonyl (C=O) groups excluding carboxylic acids is 1. The molecule has 2 aromatic carbocycles. The first-order valence-corrected chi connectivity index (χ1v) is 5.99. The van der Waals surface area contributed by atoms with Crippen molar-refractivity contribution >= 4 is 28.3 Å². The van der Waals surface area contributed by atoms with Gasteiger partial charge in [0.2, 0.25) is 0 Å². The van der Waals surface area contributed by atoms with Crippen molar-refractivity contribution in [2.75, 3.05) is 6.61 Å². The Morgan fingerprint density at radius 3 is 2.83 bits per heavy atom. The molecule has 0 radical (unpaired) electrons. The van der Waals surface area contributed by atoms with Crippen LogP contribution in [0.25, 0.3) is 10.8 Å². The van der Waals surface area contributed by atoms with Crippen molar-refractivity contribution in [2.24, 2.45) is 0 Å². The van der Waals surface area contributed by atoms with E-state index in [1.165, 1.54) is 6.92 Å². The molecular formula is C14H13ClO3. The van der Waals surface area contributed by atoms with Crippen molar-refractivity contribution < 1.29 is 14.6 Å². The van der Waals surface area contributed by atoms with Crippen LogP contribution in [0, 0.1) is 0 Å². The molecular weight excluding hydrogens is 252 g/mol. The van der Waals surface area contributed by atoms with Gasteiger partial charge in [-0.25, -0.2) is 0 Å². The molecule has 4 heteroatoms. The van der Waals surface area contributed by atoms with E-state index in [1.54, 1.807) is 18.2 Å². The first kappa shape index (κ1) is 12.7. The normalized spacial score (nSPS) is 10.6. The van der Waals surface area contributed by atoms with E-state index >= 15 is 0 Å². The molecule has 0 unspecified atom stereocenters. The molecule has 0 fully saturated rings. The van der Waals surface area contributed by atoms with Gasteiger partial charge in [-0.3, -0.25) is 4.79 Å². The molecule has 0 amide bonds. The highest BCUT2D eigenvalue weighted by atomic mass is 35.5. The highest BCUT2D eigenvalue weighted by molar-refractivity contribution is 6.32. The highest BCUT2D eigenvalue weighted by Crippen LogP contribution is 2.29. The van der Waals surface area contributed by atoms with Crippen molar-refractivity contribution in [3.8, 4) is 5.75 Å². The van der Waals surface area contributed by atoms with Gasteiger partial charge in [-0.15, -0.1) is 0 Å². The quantitative estimate of drug-likeness (QED) is 0.865. The van der Waals surface area contributed by atoms with Crippen molar-refractivity contribution in [3.05, 3.63) is 40.9 Å². The molecule has 1 N–H and O–H groups in total. The van der Waals surface area contributed by atoms with Crippen LogP contribution < -0.4 is 0 Å². The predicted octanol–water partition coefficient (Wildman–Crippen LogP) is 3.30. The van der Waals surface area contributed by atoms with Crippen LogP contribution in [0.3, 0.4) is 0 Å². The molecule has 2 aromatic rings. The summed E-state index contributed by atoms with van der Waals surface area (Å²) in [5, 5.41) is 12.0. The first-order valence-electron chi connectivity index (χ1n) is 5.61. The third kappa shape index (κ3) is 2.74. The summed E-state index contributed by atoms with van der Waals surface area (Å²) in [6.07, 6.45) is 0.556. The lowest BCUT2D eigenvalue weighted by Crippen LogP contribution is -2.04. The van der Waals surface area contributed by atoms with Crippen LogP contribution in [0.4, 0.5) is 0 Å². The third-order valence-corrected chi connectivity index (χ3v) is 3.07. The second-order valence-corrected chi connectivity index (χ2v) is 4.43. The molecule has 0 bridgehead atoms. The molecule has 2 rings (SSSR count). The lowest BCUT2D eigenvalue weighted by Gasteiger charge is -2.09. The van der Waals surface area contributed by atoms with Gasteiger partial charge in [0.25, 0.3) is 0 Å². The Bertz CT molecular complexity index is 593. The molecule has 0 saturated carbocycles.